The van der Waals surface area contributed by atoms with Crippen LogP contribution in [0.15, 0.2) is 11.6 Å². The molecular formula is C8H13ClFN. The third kappa shape index (κ3) is 2.80. The molecule has 1 atom stereocenters. The summed E-state index contributed by atoms with van der Waals surface area (Å²) in [5.74, 6) is 0. The Morgan fingerprint density at radius 3 is 2.82 bits per heavy atom. The van der Waals surface area contributed by atoms with E-state index < -0.39 is 5.67 Å². The Balaban J connectivity index is 2.36. The lowest BCUT2D eigenvalue weighted by atomic mass is 10.1. The zero-order valence-electron chi connectivity index (χ0n) is 6.74. The molecule has 1 fully saturated rings. The molecule has 0 aromatic heterocycles. The van der Waals surface area contributed by atoms with Crippen LogP contribution in [0.1, 0.15) is 13.3 Å². The molecule has 11 heavy (non-hydrogen) atoms. The zero-order chi connectivity index (χ0) is 8.48. The Kier molecular flexibility index (Phi) is 2.55. The summed E-state index contributed by atoms with van der Waals surface area (Å²) in [5.41, 5.74) is -1.02. The highest BCUT2D eigenvalue weighted by Crippen LogP contribution is 2.25. The molecule has 1 heterocycles. The highest BCUT2D eigenvalue weighted by Gasteiger charge is 2.33. The molecule has 0 radical (unpaired) electrons. The molecule has 1 saturated heterocycles. The van der Waals surface area contributed by atoms with E-state index in [9.17, 15) is 4.39 Å². The van der Waals surface area contributed by atoms with Gasteiger partial charge in [0.25, 0.3) is 0 Å². The summed E-state index contributed by atoms with van der Waals surface area (Å²) in [6.45, 7) is 7.08. The van der Waals surface area contributed by atoms with Gasteiger partial charge in [-0.1, -0.05) is 18.2 Å². The summed E-state index contributed by atoms with van der Waals surface area (Å²) in [4.78, 5) is 1.98. The Labute approximate surface area is 71.8 Å². The Morgan fingerprint density at radius 1 is 1.82 bits per heavy atom. The van der Waals surface area contributed by atoms with Crippen molar-refractivity contribution in [3.05, 3.63) is 11.6 Å². The van der Waals surface area contributed by atoms with Crippen LogP contribution in [0, 0.1) is 0 Å². The van der Waals surface area contributed by atoms with Crippen molar-refractivity contribution in [3.63, 3.8) is 0 Å². The SMILES string of the molecule is C=C(Cl)CN1CCC(C)(F)C1. The molecule has 0 aromatic carbocycles. The first-order valence-electron chi connectivity index (χ1n) is 3.74. The smallest absolute Gasteiger partial charge is 0.122 e. The van der Waals surface area contributed by atoms with Gasteiger partial charge in [0, 0.05) is 24.7 Å². The van der Waals surface area contributed by atoms with Crippen molar-refractivity contribution in [2.75, 3.05) is 19.6 Å². The van der Waals surface area contributed by atoms with E-state index in [2.05, 4.69) is 6.58 Å². The lowest BCUT2D eigenvalue weighted by Crippen LogP contribution is -2.26. The van der Waals surface area contributed by atoms with E-state index in [1.54, 1.807) is 6.92 Å². The Morgan fingerprint density at radius 2 is 2.45 bits per heavy atom. The largest absolute Gasteiger partial charge is 0.295 e. The minimum atomic E-state index is -1.02. The highest BCUT2D eigenvalue weighted by molar-refractivity contribution is 6.29. The summed E-state index contributed by atoms with van der Waals surface area (Å²) < 4.78 is 13.2. The van der Waals surface area contributed by atoms with E-state index >= 15 is 0 Å². The molecule has 1 aliphatic heterocycles. The third-order valence-corrected chi connectivity index (χ3v) is 2.02. The van der Waals surface area contributed by atoms with Crippen molar-refractivity contribution in [2.24, 2.45) is 0 Å². The van der Waals surface area contributed by atoms with Crippen LogP contribution in [-0.2, 0) is 0 Å². The number of halogens is 2. The zero-order valence-corrected chi connectivity index (χ0v) is 7.49. The van der Waals surface area contributed by atoms with Crippen molar-refractivity contribution in [3.8, 4) is 0 Å². The number of hydrogen-bond acceptors (Lipinski definition) is 1. The molecule has 0 aromatic rings. The number of hydrogen-bond donors (Lipinski definition) is 0. The third-order valence-electron chi connectivity index (χ3n) is 1.90. The number of alkyl halides is 1. The molecule has 3 heteroatoms. The molecular weight excluding hydrogens is 165 g/mol. The standard InChI is InChI=1S/C8H13ClFN/c1-7(9)5-11-4-3-8(2,10)6-11/h1,3-6H2,2H3. The summed E-state index contributed by atoms with van der Waals surface area (Å²) in [5, 5.41) is 0.586. The predicted octanol–water partition coefficient (Wildman–Crippen LogP) is 2.17. The Hall–Kier alpha value is -0.0800. The molecule has 1 rings (SSSR count). The normalized spacial score (nSPS) is 32.6. The summed E-state index contributed by atoms with van der Waals surface area (Å²) >= 11 is 5.59. The van der Waals surface area contributed by atoms with Crippen molar-refractivity contribution in [2.45, 2.75) is 19.0 Å². The number of nitrogens with zero attached hydrogens (tertiary/aromatic N) is 1. The first kappa shape index (κ1) is 9.01. The van der Waals surface area contributed by atoms with Crippen molar-refractivity contribution in [1.29, 1.82) is 0 Å². The molecule has 0 aliphatic carbocycles. The van der Waals surface area contributed by atoms with Gasteiger partial charge in [-0.2, -0.15) is 0 Å². The minimum absolute atomic E-state index is 0.485. The van der Waals surface area contributed by atoms with Gasteiger partial charge in [0.15, 0.2) is 0 Å². The fourth-order valence-corrected chi connectivity index (χ4v) is 1.56. The van der Waals surface area contributed by atoms with Gasteiger partial charge in [-0.25, -0.2) is 4.39 Å². The first-order chi connectivity index (χ1) is 4.99. The summed E-state index contributed by atoms with van der Waals surface area (Å²) in [7, 11) is 0. The van der Waals surface area contributed by atoms with Crippen LogP contribution < -0.4 is 0 Å². The van der Waals surface area contributed by atoms with Crippen molar-refractivity contribution in [1.82, 2.24) is 4.90 Å². The average molecular weight is 178 g/mol. The van der Waals surface area contributed by atoms with E-state index in [-0.39, 0.29) is 0 Å². The van der Waals surface area contributed by atoms with E-state index in [0.717, 1.165) is 6.54 Å². The maximum Gasteiger partial charge on any atom is 0.122 e. The van der Waals surface area contributed by atoms with Gasteiger partial charge in [0.1, 0.15) is 5.67 Å². The molecule has 1 nitrogen and oxygen atoms in total. The second kappa shape index (κ2) is 3.11. The van der Waals surface area contributed by atoms with E-state index in [1.165, 1.54) is 0 Å². The molecule has 0 spiro atoms. The van der Waals surface area contributed by atoms with E-state index in [0.29, 0.717) is 24.5 Å². The molecule has 1 unspecified atom stereocenters. The maximum absolute atomic E-state index is 13.2. The lowest BCUT2D eigenvalue weighted by molar-refractivity contribution is 0.193. The maximum atomic E-state index is 13.2. The van der Waals surface area contributed by atoms with Gasteiger partial charge in [0.05, 0.1) is 0 Å². The molecule has 0 N–H and O–H groups in total. The van der Waals surface area contributed by atoms with Gasteiger partial charge in [-0.3, -0.25) is 4.90 Å². The Bertz CT molecular complexity index is 167. The van der Waals surface area contributed by atoms with Crippen LogP contribution in [0.5, 0.6) is 0 Å². The second-order valence-electron chi connectivity index (χ2n) is 3.39. The quantitative estimate of drug-likeness (QED) is 0.625. The van der Waals surface area contributed by atoms with Crippen LogP contribution in [0.25, 0.3) is 0 Å². The fourth-order valence-electron chi connectivity index (χ4n) is 1.39. The average Bonchev–Trinajstić information content (AvgIpc) is 2.08. The van der Waals surface area contributed by atoms with Crippen LogP contribution in [-0.4, -0.2) is 30.2 Å². The monoisotopic (exact) mass is 177 g/mol. The molecule has 1 aliphatic rings. The van der Waals surface area contributed by atoms with Gasteiger partial charge >= 0.3 is 0 Å². The lowest BCUT2D eigenvalue weighted by Gasteiger charge is -2.15. The predicted molar refractivity (Wildman–Crippen MR) is 45.6 cm³/mol. The summed E-state index contributed by atoms with van der Waals surface area (Å²) in [6.07, 6.45) is 0.608. The van der Waals surface area contributed by atoms with Crippen LogP contribution in [0.3, 0.4) is 0 Å². The van der Waals surface area contributed by atoms with Crippen LogP contribution in [0.2, 0.25) is 0 Å². The fraction of sp³-hybridized carbons (Fsp3) is 0.750. The minimum Gasteiger partial charge on any atom is -0.295 e. The van der Waals surface area contributed by atoms with Crippen molar-refractivity contribution < 1.29 is 4.39 Å². The second-order valence-corrected chi connectivity index (χ2v) is 3.93. The summed E-state index contributed by atoms with van der Waals surface area (Å²) in [6, 6.07) is 0. The number of likely N-dealkylation sites (tertiary alicyclic amines) is 1. The van der Waals surface area contributed by atoms with E-state index in [4.69, 9.17) is 11.6 Å². The van der Waals surface area contributed by atoms with Gasteiger partial charge in [0.2, 0.25) is 0 Å². The van der Waals surface area contributed by atoms with Gasteiger partial charge in [-0.05, 0) is 13.3 Å². The molecule has 0 amide bonds. The van der Waals surface area contributed by atoms with Gasteiger partial charge in [-0.15, -0.1) is 0 Å². The van der Waals surface area contributed by atoms with Crippen molar-refractivity contribution >= 4 is 11.6 Å². The van der Waals surface area contributed by atoms with E-state index in [1.807, 2.05) is 4.90 Å². The van der Waals surface area contributed by atoms with Crippen LogP contribution in [0.4, 0.5) is 4.39 Å². The molecule has 0 bridgehead atoms. The molecule has 0 saturated carbocycles. The number of rotatable bonds is 2. The first-order valence-corrected chi connectivity index (χ1v) is 4.12. The molecule has 64 valence electrons. The highest BCUT2D eigenvalue weighted by atomic mass is 35.5. The van der Waals surface area contributed by atoms with Gasteiger partial charge < -0.3 is 0 Å². The topological polar surface area (TPSA) is 3.24 Å². The van der Waals surface area contributed by atoms with Crippen LogP contribution >= 0.6 is 11.6 Å².